The molecule has 6 nitrogen and oxygen atoms in total. The van der Waals surface area contributed by atoms with E-state index in [2.05, 4.69) is 4.98 Å². The van der Waals surface area contributed by atoms with E-state index in [1.807, 2.05) is 44.2 Å². The Balaban J connectivity index is 2.26. The van der Waals surface area contributed by atoms with Crippen molar-refractivity contribution in [2.24, 2.45) is 5.92 Å². The Morgan fingerprint density at radius 3 is 2.24 bits per heavy atom. The van der Waals surface area contributed by atoms with Crippen molar-refractivity contribution in [1.29, 1.82) is 0 Å². The molecule has 2 aromatic carbocycles. The second-order valence-electron chi connectivity index (χ2n) is 8.81. The summed E-state index contributed by atoms with van der Waals surface area (Å²) in [6.45, 7) is 3.73. The number of aliphatic carboxylic acids is 1. The molecule has 0 aliphatic rings. The van der Waals surface area contributed by atoms with Gasteiger partial charge in [-0.25, -0.2) is 14.2 Å². The number of carbonyl (C=O) groups is 1. The van der Waals surface area contributed by atoms with Crippen LogP contribution < -0.4 is 0 Å². The maximum atomic E-state index is 13.5. The molecule has 0 fully saturated rings. The molecule has 34 heavy (non-hydrogen) atoms. The van der Waals surface area contributed by atoms with Gasteiger partial charge >= 0.3 is 19.2 Å². The highest BCUT2D eigenvalue weighted by atomic mass is 31.1. The zero-order valence-corrected chi connectivity index (χ0v) is 20.0. The number of halogens is 1. The van der Waals surface area contributed by atoms with Crippen molar-refractivity contribution in [1.82, 2.24) is 4.98 Å². The van der Waals surface area contributed by atoms with Gasteiger partial charge in [0, 0.05) is 18.4 Å². The number of hydrogen-bond acceptors (Lipinski definition) is 4. The Morgan fingerprint density at radius 2 is 1.68 bits per heavy atom. The molecule has 0 aliphatic carbocycles. The lowest BCUT2D eigenvalue weighted by Gasteiger charge is -2.36. The summed E-state index contributed by atoms with van der Waals surface area (Å²) < 4.78 is 26.3. The molecule has 8 heteroatoms. The van der Waals surface area contributed by atoms with Gasteiger partial charge in [-0.05, 0) is 46.7 Å². The second-order valence-corrected chi connectivity index (χ2v) is 10.1. The van der Waals surface area contributed by atoms with Crippen LogP contribution in [0, 0.1) is 11.7 Å². The van der Waals surface area contributed by atoms with Crippen LogP contribution in [0.25, 0.3) is 11.3 Å². The standard InChI is InChI=1S/C26H27FNO5P/c1-18(2)15-16-26(24(29)30,34(32)33)25(31,17-19-11-13-21(27)14-12-19)23-10-6-9-22(28-23)20-7-4-3-5-8-20/h3-14,18,31H,15-17H2,1-2H3,(H-,29,30,32,33)/p+1. The summed E-state index contributed by atoms with van der Waals surface area (Å²) in [6, 6.07) is 19.2. The van der Waals surface area contributed by atoms with Crippen LogP contribution in [0.4, 0.5) is 4.39 Å². The van der Waals surface area contributed by atoms with E-state index < -0.39 is 30.6 Å². The van der Waals surface area contributed by atoms with E-state index in [4.69, 9.17) is 0 Å². The third-order valence-electron chi connectivity index (χ3n) is 6.06. The zero-order chi connectivity index (χ0) is 24.9. The third-order valence-corrected chi connectivity index (χ3v) is 7.50. The van der Waals surface area contributed by atoms with Crippen molar-refractivity contribution in [3.8, 4) is 11.3 Å². The Morgan fingerprint density at radius 1 is 1.03 bits per heavy atom. The summed E-state index contributed by atoms with van der Waals surface area (Å²) in [5.74, 6) is -2.06. The summed E-state index contributed by atoms with van der Waals surface area (Å²) in [5, 5.41) is 20.0. The van der Waals surface area contributed by atoms with Crippen LogP contribution in [-0.4, -0.2) is 31.2 Å². The summed E-state index contributed by atoms with van der Waals surface area (Å²) in [7, 11) is -3.41. The topological polar surface area (TPSA) is 108 Å². The SMILES string of the molecule is CC(C)CCC(C(=O)O)([P+](=O)O)C(O)(Cc1ccc(F)cc1)c1cccc(-c2ccccc2)n1. The highest BCUT2D eigenvalue weighted by Gasteiger charge is 2.71. The van der Waals surface area contributed by atoms with Crippen molar-refractivity contribution in [3.05, 3.63) is 89.9 Å². The predicted octanol–water partition coefficient (Wildman–Crippen LogP) is 5.31. The maximum Gasteiger partial charge on any atom is 0.527 e. The van der Waals surface area contributed by atoms with E-state index in [-0.39, 0.29) is 30.9 Å². The average Bonchev–Trinajstić information content (AvgIpc) is 2.81. The molecule has 0 bridgehead atoms. The normalized spacial score (nSPS) is 15.4. The van der Waals surface area contributed by atoms with Gasteiger partial charge in [0.1, 0.15) is 5.82 Å². The van der Waals surface area contributed by atoms with E-state index in [9.17, 15) is 28.9 Å². The molecule has 1 aromatic heterocycles. The molecular weight excluding hydrogens is 456 g/mol. The molecular formula is C26H28FNO5P+. The van der Waals surface area contributed by atoms with E-state index in [1.54, 1.807) is 12.1 Å². The van der Waals surface area contributed by atoms with Crippen LogP contribution >= 0.6 is 8.03 Å². The highest BCUT2D eigenvalue weighted by molar-refractivity contribution is 7.41. The molecule has 0 amide bonds. The summed E-state index contributed by atoms with van der Waals surface area (Å²) in [6.07, 6.45) is -0.302. The molecule has 0 radical (unpaired) electrons. The second kappa shape index (κ2) is 10.5. The van der Waals surface area contributed by atoms with Gasteiger partial charge in [-0.1, -0.05) is 62.4 Å². The van der Waals surface area contributed by atoms with Crippen molar-refractivity contribution in [2.75, 3.05) is 0 Å². The lowest BCUT2D eigenvalue weighted by atomic mass is 9.75. The van der Waals surface area contributed by atoms with Gasteiger partial charge < -0.3 is 10.2 Å². The van der Waals surface area contributed by atoms with Gasteiger partial charge in [-0.15, -0.1) is 0 Å². The molecule has 3 aromatic rings. The lowest BCUT2D eigenvalue weighted by molar-refractivity contribution is -0.151. The number of aliphatic hydroxyl groups is 1. The minimum absolute atomic E-state index is 0.0207. The van der Waals surface area contributed by atoms with Crippen LogP contribution in [0.3, 0.4) is 0 Å². The van der Waals surface area contributed by atoms with E-state index >= 15 is 0 Å². The number of rotatable bonds is 10. The number of carboxylic acids is 1. The van der Waals surface area contributed by atoms with E-state index in [0.29, 0.717) is 11.3 Å². The Hall–Kier alpha value is -2.99. The highest BCUT2D eigenvalue weighted by Crippen LogP contribution is 2.54. The fourth-order valence-corrected chi connectivity index (χ4v) is 5.10. The van der Waals surface area contributed by atoms with Crippen molar-refractivity contribution in [2.45, 2.75) is 43.9 Å². The first-order chi connectivity index (χ1) is 16.1. The van der Waals surface area contributed by atoms with Crippen LogP contribution in [0.2, 0.25) is 0 Å². The van der Waals surface area contributed by atoms with E-state index in [0.717, 1.165) is 5.56 Å². The summed E-state index contributed by atoms with van der Waals surface area (Å²) in [5.41, 5.74) is -0.778. The van der Waals surface area contributed by atoms with Gasteiger partial charge in [0.15, 0.2) is 5.60 Å². The van der Waals surface area contributed by atoms with Crippen molar-refractivity contribution < 1.29 is 28.9 Å². The Bertz CT molecular complexity index is 1140. The first kappa shape index (κ1) is 25.6. The minimum Gasteiger partial charge on any atom is -0.477 e. The largest absolute Gasteiger partial charge is 0.527 e. The van der Waals surface area contributed by atoms with Gasteiger partial charge in [0.2, 0.25) is 0 Å². The zero-order valence-electron chi connectivity index (χ0n) is 19.1. The van der Waals surface area contributed by atoms with Crippen LogP contribution in [0.5, 0.6) is 0 Å². The first-order valence-corrected chi connectivity index (χ1v) is 12.2. The number of pyridine rings is 1. The van der Waals surface area contributed by atoms with Crippen LogP contribution in [0.15, 0.2) is 72.8 Å². The van der Waals surface area contributed by atoms with Crippen LogP contribution in [0.1, 0.15) is 37.9 Å². The molecule has 0 aliphatic heterocycles. The molecule has 3 unspecified atom stereocenters. The molecule has 0 saturated heterocycles. The van der Waals surface area contributed by atoms with Crippen LogP contribution in [-0.2, 0) is 21.4 Å². The number of nitrogens with zero attached hydrogens (tertiary/aromatic N) is 1. The van der Waals surface area contributed by atoms with E-state index in [1.165, 1.54) is 30.3 Å². The molecule has 1 heterocycles. The van der Waals surface area contributed by atoms with Gasteiger partial charge in [0.05, 0.1) is 11.4 Å². The number of carboxylic acid groups (broad SMARTS) is 1. The third kappa shape index (κ3) is 5.07. The quantitative estimate of drug-likeness (QED) is 0.337. The molecule has 3 rings (SSSR count). The fourth-order valence-electron chi connectivity index (χ4n) is 4.10. The maximum absolute atomic E-state index is 13.5. The lowest BCUT2D eigenvalue weighted by Crippen LogP contribution is -2.56. The fraction of sp³-hybridized carbons (Fsp3) is 0.308. The monoisotopic (exact) mass is 484 g/mol. The first-order valence-electron chi connectivity index (χ1n) is 11.0. The van der Waals surface area contributed by atoms with Crippen molar-refractivity contribution in [3.63, 3.8) is 0 Å². The van der Waals surface area contributed by atoms with Gasteiger partial charge in [0.25, 0.3) is 0 Å². The van der Waals surface area contributed by atoms with Crippen molar-refractivity contribution >= 4 is 14.0 Å². The molecule has 178 valence electrons. The smallest absolute Gasteiger partial charge is 0.477 e. The Labute approximate surface area is 199 Å². The minimum atomic E-state index is -3.41. The summed E-state index contributed by atoms with van der Waals surface area (Å²) >= 11 is 0. The molecule has 3 atom stereocenters. The number of benzene rings is 2. The molecule has 0 saturated carbocycles. The molecule has 0 spiro atoms. The number of hydrogen-bond donors (Lipinski definition) is 3. The molecule has 3 N–H and O–H groups in total. The van der Waals surface area contributed by atoms with Gasteiger partial charge in [-0.3, -0.25) is 0 Å². The Kier molecular flexibility index (Phi) is 7.93. The number of aromatic nitrogens is 1. The summed E-state index contributed by atoms with van der Waals surface area (Å²) in [4.78, 5) is 27.7. The predicted molar refractivity (Wildman–Crippen MR) is 128 cm³/mol. The van der Waals surface area contributed by atoms with Gasteiger partial charge in [-0.2, -0.15) is 4.89 Å². The average molecular weight is 484 g/mol.